The van der Waals surface area contributed by atoms with Crippen LogP contribution in [0.15, 0.2) is 30.5 Å². The molecule has 0 saturated carbocycles. The van der Waals surface area contributed by atoms with Crippen molar-refractivity contribution in [2.24, 2.45) is 0 Å². The average Bonchev–Trinajstić information content (AvgIpc) is 2.74. The van der Waals surface area contributed by atoms with Crippen LogP contribution in [0.5, 0.6) is 5.75 Å². The minimum atomic E-state index is 0.471. The van der Waals surface area contributed by atoms with E-state index in [-0.39, 0.29) is 0 Å². The van der Waals surface area contributed by atoms with Crippen LogP contribution in [0.3, 0.4) is 0 Å². The lowest BCUT2D eigenvalue weighted by Gasteiger charge is -2.03. The van der Waals surface area contributed by atoms with Gasteiger partial charge >= 0.3 is 0 Å². The smallest absolute Gasteiger partial charge is 0.140 e. The molecule has 16 heavy (non-hydrogen) atoms. The number of aromatic nitrogens is 1. The number of thiazole rings is 1. The Morgan fingerprint density at radius 3 is 3.00 bits per heavy atom. The highest BCUT2D eigenvalue weighted by molar-refractivity contribution is 7.79. The molecule has 2 rings (SSSR count). The lowest BCUT2D eigenvalue weighted by molar-refractivity contribution is 0.305. The highest BCUT2D eigenvalue weighted by atomic mass is 35.5. The molecule has 1 aromatic carbocycles. The molecular formula is C11H10ClNOS2. The molecule has 0 bridgehead atoms. The lowest BCUT2D eigenvalue weighted by Crippen LogP contribution is -1.93. The highest BCUT2D eigenvalue weighted by Crippen LogP contribution is 2.20. The Morgan fingerprint density at radius 1 is 1.44 bits per heavy atom. The minimum absolute atomic E-state index is 0.471. The maximum absolute atomic E-state index is 5.85. The second-order valence-corrected chi connectivity index (χ2v) is 5.08. The Kier molecular flexibility index (Phi) is 4.09. The second-order valence-electron chi connectivity index (χ2n) is 3.12. The molecule has 0 fully saturated rings. The number of rotatable bonds is 4. The van der Waals surface area contributed by atoms with Crippen molar-refractivity contribution in [2.75, 3.05) is 0 Å². The summed E-state index contributed by atoms with van der Waals surface area (Å²) in [6.45, 7) is 0.471. The van der Waals surface area contributed by atoms with E-state index in [1.165, 1.54) is 0 Å². The normalized spacial score (nSPS) is 10.4. The van der Waals surface area contributed by atoms with Crippen LogP contribution in [0.2, 0.25) is 5.02 Å². The molecule has 0 aliphatic heterocycles. The molecule has 0 saturated heterocycles. The van der Waals surface area contributed by atoms with Crippen LogP contribution >= 0.6 is 35.6 Å². The van der Waals surface area contributed by atoms with Gasteiger partial charge in [-0.2, -0.15) is 12.6 Å². The van der Waals surface area contributed by atoms with Gasteiger partial charge in [0.05, 0.1) is 0 Å². The predicted octanol–water partition coefficient (Wildman–Crippen LogP) is 3.81. The van der Waals surface area contributed by atoms with E-state index >= 15 is 0 Å². The van der Waals surface area contributed by atoms with E-state index in [4.69, 9.17) is 16.3 Å². The summed E-state index contributed by atoms with van der Waals surface area (Å²) in [4.78, 5) is 5.38. The number of halogens is 1. The number of hydrogen-bond acceptors (Lipinski definition) is 4. The van der Waals surface area contributed by atoms with Crippen molar-refractivity contribution >= 4 is 35.6 Å². The maximum atomic E-state index is 5.85. The van der Waals surface area contributed by atoms with Crippen molar-refractivity contribution in [2.45, 2.75) is 12.4 Å². The first kappa shape index (κ1) is 11.8. The van der Waals surface area contributed by atoms with Crippen LogP contribution in [-0.4, -0.2) is 4.98 Å². The number of benzene rings is 1. The predicted molar refractivity (Wildman–Crippen MR) is 70.6 cm³/mol. The first-order chi connectivity index (χ1) is 7.78. The topological polar surface area (TPSA) is 22.1 Å². The third-order valence-corrected chi connectivity index (χ3v) is 3.68. The van der Waals surface area contributed by atoms with Gasteiger partial charge in [-0.3, -0.25) is 0 Å². The SMILES string of the molecule is SCc1cnc(COc2cccc(Cl)c2)s1. The summed E-state index contributed by atoms with van der Waals surface area (Å²) in [5.41, 5.74) is 0. The number of hydrogen-bond donors (Lipinski definition) is 1. The Bertz CT molecular complexity index is 473. The molecule has 0 amide bonds. The molecule has 2 aromatic rings. The van der Waals surface area contributed by atoms with Crippen LogP contribution in [-0.2, 0) is 12.4 Å². The van der Waals surface area contributed by atoms with E-state index in [1.807, 2.05) is 24.4 Å². The molecule has 0 aliphatic carbocycles. The van der Waals surface area contributed by atoms with Crippen molar-refractivity contribution in [1.82, 2.24) is 4.98 Å². The molecule has 0 spiro atoms. The van der Waals surface area contributed by atoms with Crippen LogP contribution in [0.1, 0.15) is 9.88 Å². The first-order valence-corrected chi connectivity index (χ1v) is 6.53. The van der Waals surface area contributed by atoms with Crippen LogP contribution in [0, 0.1) is 0 Å². The highest BCUT2D eigenvalue weighted by Gasteiger charge is 2.02. The van der Waals surface area contributed by atoms with Crippen molar-refractivity contribution in [1.29, 1.82) is 0 Å². The van der Waals surface area contributed by atoms with Gasteiger partial charge in [-0.15, -0.1) is 11.3 Å². The van der Waals surface area contributed by atoms with Gasteiger partial charge in [-0.05, 0) is 18.2 Å². The molecule has 2 nitrogen and oxygen atoms in total. The third-order valence-electron chi connectivity index (χ3n) is 1.92. The largest absolute Gasteiger partial charge is 0.486 e. The zero-order chi connectivity index (χ0) is 11.4. The number of thiol groups is 1. The summed E-state index contributed by atoms with van der Waals surface area (Å²) in [7, 11) is 0. The Labute approximate surface area is 109 Å². The fraction of sp³-hybridized carbons (Fsp3) is 0.182. The van der Waals surface area contributed by atoms with Gasteiger partial charge in [-0.25, -0.2) is 4.98 Å². The molecule has 0 unspecified atom stereocenters. The molecule has 1 heterocycles. The molecule has 1 aromatic heterocycles. The van der Waals surface area contributed by atoms with Gasteiger partial charge in [0.15, 0.2) is 0 Å². The van der Waals surface area contributed by atoms with E-state index in [0.29, 0.717) is 11.6 Å². The van der Waals surface area contributed by atoms with Gasteiger partial charge in [-0.1, -0.05) is 17.7 Å². The van der Waals surface area contributed by atoms with Crippen molar-refractivity contribution in [3.8, 4) is 5.75 Å². The van der Waals surface area contributed by atoms with E-state index in [9.17, 15) is 0 Å². The van der Waals surface area contributed by atoms with Gasteiger partial charge in [0.25, 0.3) is 0 Å². The maximum Gasteiger partial charge on any atom is 0.140 e. The summed E-state index contributed by atoms with van der Waals surface area (Å²) >= 11 is 11.6. The Morgan fingerprint density at radius 2 is 2.31 bits per heavy atom. The van der Waals surface area contributed by atoms with Gasteiger partial charge in [0.1, 0.15) is 17.4 Å². The quantitative estimate of drug-likeness (QED) is 0.855. The molecule has 84 valence electrons. The zero-order valence-electron chi connectivity index (χ0n) is 8.39. The van der Waals surface area contributed by atoms with Crippen molar-refractivity contribution in [3.05, 3.63) is 45.4 Å². The summed E-state index contributed by atoms with van der Waals surface area (Å²) in [6.07, 6.45) is 1.83. The molecule has 0 aliphatic rings. The van der Waals surface area contributed by atoms with Crippen molar-refractivity contribution < 1.29 is 4.74 Å². The molecule has 0 N–H and O–H groups in total. The van der Waals surface area contributed by atoms with Gasteiger partial charge < -0.3 is 4.74 Å². The molecule has 5 heteroatoms. The number of nitrogens with zero attached hydrogens (tertiary/aromatic N) is 1. The Hall–Kier alpha value is -0.710. The molecule has 0 atom stereocenters. The fourth-order valence-corrected chi connectivity index (χ4v) is 2.34. The first-order valence-electron chi connectivity index (χ1n) is 4.71. The van der Waals surface area contributed by atoms with Gasteiger partial charge in [0, 0.05) is 21.8 Å². The fourth-order valence-electron chi connectivity index (χ4n) is 1.19. The Balaban J connectivity index is 1.96. The van der Waals surface area contributed by atoms with Crippen LogP contribution < -0.4 is 4.74 Å². The van der Waals surface area contributed by atoms with Crippen LogP contribution in [0.25, 0.3) is 0 Å². The number of ether oxygens (including phenoxy) is 1. The van der Waals surface area contributed by atoms with Crippen molar-refractivity contribution in [3.63, 3.8) is 0 Å². The molecular weight excluding hydrogens is 262 g/mol. The zero-order valence-corrected chi connectivity index (χ0v) is 10.9. The van der Waals surface area contributed by atoms with E-state index in [0.717, 1.165) is 21.4 Å². The second kappa shape index (κ2) is 5.57. The minimum Gasteiger partial charge on any atom is -0.486 e. The summed E-state index contributed by atoms with van der Waals surface area (Å²) in [5.74, 6) is 1.48. The van der Waals surface area contributed by atoms with E-state index in [2.05, 4.69) is 17.6 Å². The van der Waals surface area contributed by atoms with Crippen LogP contribution in [0.4, 0.5) is 0 Å². The average molecular weight is 272 g/mol. The monoisotopic (exact) mass is 271 g/mol. The summed E-state index contributed by atoms with van der Waals surface area (Å²) < 4.78 is 5.57. The summed E-state index contributed by atoms with van der Waals surface area (Å²) in [5, 5.41) is 1.62. The van der Waals surface area contributed by atoms with Gasteiger partial charge in [0.2, 0.25) is 0 Å². The van der Waals surface area contributed by atoms with E-state index < -0.39 is 0 Å². The van der Waals surface area contributed by atoms with E-state index in [1.54, 1.807) is 17.4 Å². The summed E-state index contributed by atoms with van der Waals surface area (Å²) in [6, 6.07) is 7.34. The third kappa shape index (κ3) is 3.14. The molecule has 0 radical (unpaired) electrons. The lowest BCUT2D eigenvalue weighted by atomic mass is 10.3. The standard InChI is InChI=1S/C11H10ClNOS2/c12-8-2-1-3-9(4-8)14-6-11-13-5-10(7-15)16-11/h1-5,15H,6-7H2.